The Balaban J connectivity index is 2.42. The van der Waals surface area contributed by atoms with Crippen LogP contribution in [-0.2, 0) is 14.8 Å². The van der Waals surface area contributed by atoms with E-state index in [0.717, 1.165) is 0 Å². The molecule has 0 unspecified atom stereocenters. The smallest absolute Gasteiger partial charge is 0.263 e. The van der Waals surface area contributed by atoms with Crippen LogP contribution in [0.2, 0.25) is 10.0 Å². The van der Waals surface area contributed by atoms with Crippen molar-refractivity contribution < 1.29 is 13.2 Å². The van der Waals surface area contributed by atoms with Gasteiger partial charge in [-0.2, -0.15) is 0 Å². The average Bonchev–Trinajstić information content (AvgIpc) is 2.45. The maximum Gasteiger partial charge on any atom is 0.263 e. The van der Waals surface area contributed by atoms with E-state index in [1.807, 2.05) is 0 Å². The molecule has 122 valence electrons. The SMILES string of the molecule is CC(=O)Nc1cccc(NS(=O)(=O)c2cc(Cl)ccc2Cl)c1C. The van der Waals surface area contributed by atoms with Crippen molar-refractivity contribution in [2.24, 2.45) is 0 Å². The first-order chi connectivity index (χ1) is 10.7. The van der Waals surface area contributed by atoms with Crippen LogP contribution >= 0.6 is 23.2 Å². The molecular weight excluding hydrogens is 359 g/mol. The number of amides is 1. The lowest BCUT2D eigenvalue weighted by Gasteiger charge is -2.14. The highest BCUT2D eigenvalue weighted by Gasteiger charge is 2.20. The quantitative estimate of drug-likeness (QED) is 0.849. The first kappa shape index (κ1) is 17.6. The van der Waals surface area contributed by atoms with E-state index < -0.39 is 10.0 Å². The van der Waals surface area contributed by atoms with Crippen molar-refractivity contribution in [1.29, 1.82) is 0 Å². The molecule has 0 heterocycles. The average molecular weight is 373 g/mol. The van der Waals surface area contributed by atoms with E-state index in [9.17, 15) is 13.2 Å². The van der Waals surface area contributed by atoms with Crippen molar-refractivity contribution in [1.82, 2.24) is 0 Å². The van der Waals surface area contributed by atoms with Crippen LogP contribution in [0.4, 0.5) is 11.4 Å². The molecule has 5 nitrogen and oxygen atoms in total. The summed E-state index contributed by atoms with van der Waals surface area (Å²) < 4.78 is 27.5. The van der Waals surface area contributed by atoms with Gasteiger partial charge in [0.25, 0.3) is 10.0 Å². The zero-order chi connectivity index (χ0) is 17.2. The summed E-state index contributed by atoms with van der Waals surface area (Å²) in [5.41, 5.74) is 1.45. The maximum atomic E-state index is 12.5. The molecule has 2 aromatic carbocycles. The zero-order valence-corrected chi connectivity index (χ0v) is 14.7. The van der Waals surface area contributed by atoms with E-state index in [2.05, 4.69) is 10.0 Å². The first-order valence-electron chi connectivity index (χ1n) is 6.56. The van der Waals surface area contributed by atoms with Gasteiger partial charge in [0.1, 0.15) is 4.90 Å². The number of rotatable bonds is 4. The van der Waals surface area contributed by atoms with Gasteiger partial charge in [-0.1, -0.05) is 29.3 Å². The summed E-state index contributed by atoms with van der Waals surface area (Å²) >= 11 is 11.8. The van der Waals surface area contributed by atoms with Crippen molar-refractivity contribution in [2.75, 3.05) is 10.0 Å². The van der Waals surface area contributed by atoms with E-state index in [1.165, 1.54) is 25.1 Å². The largest absolute Gasteiger partial charge is 0.326 e. The van der Waals surface area contributed by atoms with Gasteiger partial charge < -0.3 is 5.32 Å². The summed E-state index contributed by atoms with van der Waals surface area (Å²) in [5.74, 6) is -0.244. The van der Waals surface area contributed by atoms with Crippen LogP contribution < -0.4 is 10.0 Å². The van der Waals surface area contributed by atoms with Crippen molar-refractivity contribution in [3.05, 3.63) is 52.0 Å². The lowest BCUT2D eigenvalue weighted by Crippen LogP contribution is -2.15. The number of benzene rings is 2. The van der Waals surface area contributed by atoms with Gasteiger partial charge in [0.2, 0.25) is 5.91 Å². The summed E-state index contributed by atoms with van der Waals surface area (Å²) in [4.78, 5) is 11.1. The lowest BCUT2D eigenvalue weighted by molar-refractivity contribution is -0.114. The number of hydrogen-bond donors (Lipinski definition) is 2. The molecule has 23 heavy (non-hydrogen) atoms. The fraction of sp³-hybridized carbons (Fsp3) is 0.133. The Morgan fingerprint density at radius 1 is 1.09 bits per heavy atom. The molecule has 2 rings (SSSR count). The number of hydrogen-bond acceptors (Lipinski definition) is 3. The first-order valence-corrected chi connectivity index (χ1v) is 8.79. The van der Waals surface area contributed by atoms with E-state index in [-0.39, 0.29) is 20.8 Å². The van der Waals surface area contributed by atoms with Crippen molar-refractivity contribution >= 4 is 50.5 Å². The molecule has 8 heteroatoms. The number of nitrogens with one attached hydrogen (secondary N) is 2. The van der Waals surface area contributed by atoms with Gasteiger partial charge in [-0.15, -0.1) is 0 Å². The van der Waals surface area contributed by atoms with Gasteiger partial charge in [0, 0.05) is 17.6 Å². The second-order valence-corrected chi connectivity index (χ2v) is 7.33. The second kappa shape index (κ2) is 6.78. The van der Waals surface area contributed by atoms with Crippen LogP contribution in [-0.4, -0.2) is 14.3 Å². The summed E-state index contributed by atoms with van der Waals surface area (Å²) in [6.45, 7) is 3.07. The molecule has 2 aromatic rings. The highest BCUT2D eigenvalue weighted by Crippen LogP contribution is 2.29. The van der Waals surface area contributed by atoms with Crippen molar-refractivity contribution in [3.8, 4) is 0 Å². The molecular formula is C15H14Cl2N2O3S. The fourth-order valence-corrected chi connectivity index (χ4v) is 3.84. The van der Waals surface area contributed by atoms with Crippen LogP contribution in [0.25, 0.3) is 0 Å². The molecule has 0 aliphatic carbocycles. The van der Waals surface area contributed by atoms with Gasteiger partial charge in [-0.25, -0.2) is 8.42 Å². The van der Waals surface area contributed by atoms with E-state index >= 15 is 0 Å². The molecule has 0 radical (unpaired) electrons. The minimum Gasteiger partial charge on any atom is -0.326 e. The topological polar surface area (TPSA) is 75.3 Å². The highest BCUT2D eigenvalue weighted by atomic mass is 35.5. The molecule has 2 N–H and O–H groups in total. The van der Waals surface area contributed by atoms with Crippen LogP contribution in [0, 0.1) is 6.92 Å². The second-order valence-electron chi connectivity index (χ2n) is 4.84. The number of anilines is 2. The van der Waals surface area contributed by atoms with Crippen LogP contribution in [0.15, 0.2) is 41.3 Å². The third-order valence-corrected chi connectivity index (χ3v) is 5.15. The van der Waals surface area contributed by atoms with Gasteiger partial charge in [0.05, 0.1) is 10.7 Å². The Labute approximate surface area is 144 Å². The molecule has 1 amide bonds. The Hall–Kier alpha value is -1.76. The standard InChI is InChI=1S/C15H14Cl2N2O3S/c1-9-13(18-10(2)20)4-3-5-14(9)19-23(21,22)15-8-11(16)6-7-12(15)17/h3-8,19H,1-2H3,(H,18,20). The summed E-state index contributed by atoms with van der Waals surface area (Å²) in [6.07, 6.45) is 0. The van der Waals surface area contributed by atoms with E-state index in [4.69, 9.17) is 23.2 Å². The van der Waals surface area contributed by atoms with Gasteiger partial charge in [-0.05, 0) is 42.8 Å². The fourth-order valence-electron chi connectivity index (χ4n) is 1.95. The van der Waals surface area contributed by atoms with Crippen LogP contribution in [0.3, 0.4) is 0 Å². The molecule has 0 saturated carbocycles. The number of carbonyl (C=O) groups excluding carboxylic acids is 1. The molecule has 0 atom stereocenters. The van der Waals surface area contributed by atoms with E-state index in [0.29, 0.717) is 16.9 Å². The number of carbonyl (C=O) groups is 1. The molecule has 0 fully saturated rings. The monoisotopic (exact) mass is 372 g/mol. The number of halogens is 2. The third-order valence-electron chi connectivity index (χ3n) is 3.07. The van der Waals surface area contributed by atoms with Gasteiger partial charge in [-0.3, -0.25) is 9.52 Å². The van der Waals surface area contributed by atoms with Gasteiger partial charge in [0.15, 0.2) is 0 Å². The van der Waals surface area contributed by atoms with Gasteiger partial charge >= 0.3 is 0 Å². The Morgan fingerprint density at radius 3 is 2.39 bits per heavy atom. The normalized spacial score (nSPS) is 11.1. The van der Waals surface area contributed by atoms with Crippen molar-refractivity contribution in [3.63, 3.8) is 0 Å². The minimum absolute atomic E-state index is 0.0672. The summed E-state index contributed by atoms with van der Waals surface area (Å²) in [7, 11) is -3.91. The molecule has 0 spiro atoms. The maximum absolute atomic E-state index is 12.5. The minimum atomic E-state index is -3.91. The summed E-state index contributed by atoms with van der Waals surface area (Å²) in [6, 6.07) is 9.11. The predicted octanol–water partition coefficient (Wildman–Crippen LogP) is 4.06. The highest BCUT2D eigenvalue weighted by molar-refractivity contribution is 7.92. The van der Waals surface area contributed by atoms with Crippen molar-refractivity contribution in [2.45, 2.75) is 18.7 Å². The Kier molecular flexibility index (Phi) is 5.19. The Morgan fingerprint density at radius 2 is 1.74 bits per heavy atom. The molecule has 0 aromatic heterocycles. The number of sulfonamides is 1. The predicted molar refractivity (Wildman–Crippen MR) is 92.8 cm³/mol. The van der Waals surface area contributed by atoms with Crippen LogP contribution in [0.5, 0.6) is 0 Å². The third kappa shape index (κ3) is 4.16. The zero-order valence-electron chi connectivity index (χ0n) is 12.4. The summed E-state index contributed by atoms with van der Waals surface area (Å²) in [5, 5.41) is 2.97. The van der Waals surface area contributed by atoms with Crippen LogP contribution in [0.1, 0.15) is 12.5 Å². The molecule has 0 aliphatic rings. The Bertz CT molecular complexity index is 867. The molecule has 0 saturated heterocycles. The molecule has 0 bridgehead atoms. The van der Waals surface area contributed by atoms with E-state index in [1.54, 1.807) is 25.1 Å². The molecule has 0 aliphatic heterocycles. The lowest BCUT2D eigenvalue weighted by atomic mass is 10.1.